The van der Waals surface area contributed by atoms with Crippen LogP contribution in [0.15, 0.2) is 72.8 Å². The lowest BCUT2D eigenvalue weighted by Gasteiger charge is -2.14. The number of carbonyl (C=O) groups excluding carboxylic acids is 2. The normalized spacial score (nSPS) is 10.0. The number of carbonyl (C=O) groups is 2. The van der Waals surface area contributed by atoms with E-state index < -0.39 is 11.8 Å². The molecule has 0 aliphatic rings. The number of methoxy groups -OCH3 is 2. The Morgan fingerprint density at radius 3 is 2.16 bits per heavy atom. The standard InChI is InChI=1S/C23H24N4O4/c1-30-17-13-11-16(12-14-17)25-19-8-4-3-7-18(19)23(29)27-26-22(28)15-24-20-9-5-6-10-21(20)31-2/h3-14,24-25H,15H2,1-2H3,(H,26,28)(H,27,29). The van der Waals surface area contributed by atoms with Crippen molar-refractivity contribution < 1.29 is 19.1 Å². The van der Waals surface area contributed by atoms with Gasteiger partial charge >= 0.3 is 0 Å². The molecule has 0 spiro atoms. The van der Waals surface area contributed by atoms with Gasteiger partial charge in [0, 0.05) is 5.69 Å². The molecule has 0 fully saturated rings. The molecular weight excluding hydrogens is 396 g/mol. The smallest absolute Gasteiger partial charge is 0.271 e. The van der Waals surface area contributed by atoms with Gasteiger partial charge in [-0.05, 0) is 48.5 Å². The van der Waals surface area contributed by atoms with Gasteiger partial charge in [-0.3, -0.25) is 20.4 Å². The zero-order valence-electron chi connectivity index (χ0n) is 17.3. The zero-order chi connectivity index (χ0) is 22.1. The molecule has 0 aliphatic carbocycles. The molecule has 3 aromatic rings. The van der Waals surface area contributed by atoms with Gasteiger partial charge in [0.05, 0.1) is 37.7 Å². The van der Waals surface area contributed by atoms with Crippen LogP contribution in [0.4, 0.5) is 17.1 Å². The number of hydrazine groups is 1. The molecule has 8 heteroatoms. The van der Waals surface area contributed by atoms with Crippen molar-refractivity contribution >= 4 is 28.9 Å². The van der Waals surface area contributed by atoms with Gasteiger partial charge in [-0.2, -0.15) is 0 Å². The molecule has 0 unspecified atom stereocenters. The third kappa shape index (κ3) is 5.89. The van der Waals surface area contributed by atoms with Crippen molar-refractivity contribution in [2.45, 2.75) is 0 Å². The monoisotopic (exact) mass is 420 g/mol. The summed E-state index contributed by atoms with van der Waals surface area (Å²) in [7, 11) is 3.15. The molecule has 0 saturated carbocycles. The Morgan fingerprint density at radius 2 is 1.45 bits per heavy atom. The predicted molar refractivity (Wildman–Crippen MR) is 120 cm³/mol. The van der Waals surface area contributed by atoms with Crippen molar-refractivity contribution in [2.24, 2.45) is 0 Å². The summed E-state index contributed by atoms with van der Waals surface area (Å²) in [4.78, 5) is 24.7. The fourth-order valence-electron chi connectivity index (χ4n) is 2.82. The van der Waals surface area contributed by atoms with Gasteiger partial charge in [0.15, 0.2) is 0 Å². The van der Waals surface area contributed by atoms with E-state index in [1.54, 1.807) is 44.6 Å². The fourth-order valence-corrected chi connectivity index (χ4v) is 2.82. The van der Waals surface area contributed by atoms with Gasteiger partial charge in [-0.1, -0.05) is 24.3 Å². The number of hydrogen-bond acceptors (Lipinski definition) is 6. The van der Waals surface area contributed by atoms with Gasteiger partial charge in [-0.15, -0.1) is 0 Å². The summed E-state index contributed by atoms with van der Waals surface area (Å²) in [6.07, 6.45) is 0. The van der Waals surface area contributed by atoms with E-state index in [0.29, 0.717) is 22.7 Å². The molecule has 4 N–H and O–H groups in total. The van der Waals surface area contributed by atoms with Crippen molar-refractivity contribution in [2.75, 3.05) is 31.4 Å². The van der Waals surface area contributed by atoms with E-state index in [4.69, 9.17) is 9.47 Å². The van der Waals surface area contributed by atoms with Crippen LogP contribution in [0.2, 0.25) is 0 Å². The van der Waals surface area contributed by atoms with E-state index in [0.717, 1.165) is 11.4 Å². The first kappa shape index (κ1) is 21.5. The van der Waals surface area contributed by atoms with Gasteiger partial charge in [0.1, 0.15) is 11.5 Å². The van der Waals surface area contributed by atoms with Crippen molar-refractivity contribution in [3.63, 3.8) is 0 Å². The van der Waals surface area contributed by atoms with Crippen LogP contribution in [0.25, 0.3) is 0 Å². The molecule has 3 aromatic carbocycles. The van der Waals surface area contributed by atoms with Crippen LogP contribution in [0, 0.1) is 0 Å². The number of amides is 2. The third-order valence-corrected chi connectivity index (χ3v) is 4.40. The van der Waals surface area contributed by atoms with Crippen LogP contribution < -0.4 is 31.0 Å². The molecule has 0 aromatic heterocycles. The first-order chi connectivity index (χ1) is 15.1. The second-order valence-corrected chi connectivity index (χ2v) is 6.46. The van der Waals surface area contributed by atoms with Gasteiger partial charge < -0.3 is 20.1 Å². The lowest BCUT2D eigenvalue weighted by molar-refractivity contribution is -0.120. The van der Waals surface area contributed by atoms with E-state index >= 15 is 0 Å². The van der Waals surface area contributed by atoms with Crippen LogP contribution in [-0.2, 0) is 4.79 Å². The van der Waals surface area contributed by atoms with E-state index in [-0.39, 0.29) is 6.54 Å². The van der Waals surface area contributed by atoms with E-state index in [9.17, 15) is 9.59 Å². The molecular formula is C23H24N4O4. The quantitative estimate of drug-likeness (QED) is 0.417. The molecule has 2 amide bonds. The summed E-state index contributed by atoms with van der Waals surface area (Å²) in [5.41, 5.74) is 7.31. The third-order valence-electron chi connectivity index (χ3n) is 4.40. The summed E-state index contributed by atoms with van der Waals surface area (Å²) >= 11 is 0. The molecule has 31 heavy (non-hydrogen) atoms. The summed E-state index contributed by atoms with van der Waals surface area (Å²) in [5.74, 6) is 0.515. The Morgan fingerprint density at radius 1 is 0.774 bits per heavy atom. The highest BCUT2D eigenvalue weighted by molar-refractivity contribution is 6.01. The second-order valence-electron chi connectivity index (χ2n) is 6.46. The van der Waals surface area contributed by atoms with Gasteiger partial charge in [0.25, 0.3) is 11.8 Å². The Balaban J connectivity index is 1.57. The Hall–Kier alpha value is -4.20. The maximum atomic E-state index is 12.6. The van der Waals surface area contributed by atoms with E-state index in [1.807, 2.05) is 42.5 Å². The number of ether oxygens (including phenoxy) is 2. The van der Waals surface area contributed by atoms with Crippen molar-refractivity contribution in [3.05, 3.63) is 78.4 Å². The average molecular weight is 420 g/mol. The molecule has 8 nitrogen and oxygen atoms in total. The zero-order valence-corrected chi connectivity index (χ0v) is 17.3. The number of hydrogen-bond donors (Lipinski definition) is 4. The molecule has 0 saturated heterocycles. The first-order valence-corrected chi connectivity index (χ1v) is 9.57. The highest BCUT2D eigenvalue weighted by Crippen LogP contribution is 2.23. The summed E-state index contributed by atoms with van der Waals surface area (Å²) in [5, 5.41) is 6.17. The maximum absolute atomic E-state index is 12.6. The first-order valence-electron chi connectivity index (χ1n) is 9.57. The van der Waals surface area contributed by atoms with Crippen LogP contribution in [-0.4, -0.2) is 32.6 Å². The number of anilines is 3. The molecule has 0 bridgehead atoms. The molecule has 160 valence electrons. The SMILES string of the molecule is COc1ccc(Nc2ccccc2C(=O)NNC(=O)CNc2ccccc2OC)cc1. The summed E-state index contributed by atoms with van der Waals surface area (Å²) in [6, 6.07) is 21.6. The molecule has 3 rings (SSSR count). The molecule has 0 heterocycles. The molecule has 0 aliphatic heterocycles. The maximum Gasteiger partial charge on any atom is 0.271 e. The van der Waals surface area contributed by atoms with Gasteiger partial charge in [0.2, 0.25) is 0 Å². The minimum absolute atomic E-state index is 0.0353. The van der Waals surface area contributed by atoms with E-state index in [1.165, 1.54) is 0 Å². The second kappa shape index (κ2) is 10.5. The lowest BCUT2D eigenvalue weighted by atomic mass is 10.1. The number of nitrogens with one attached hydrogen (secondary N) is 4. The van der Waals surface area contributed by atoms with Crippen molar-refractivity contribution in [1.82, 2.24) is 10.9 Å². The largest absolute Gasteiger partial charge is 0.497 e. The minimum Gasteiger partial charge on any atom is -0.497 e. The van der Waals surface area contributed by atoms with Crippen molar-refractivity contribution in [1.29, 1.82) is 0 Å². The summed E-state index contributed by atoms with van der Waals surface area (Å²) in [6.45, 7) is -0.0353. The number of rotatable bonds is 8. The fraction of sp³-hybridized carbons (Fsp3) is 0.130. The Labute approximate surface area is 180 Å². The Bertz CT molecular complexity index is 1040. The topological polar surface area (TPSA) is 101 Å². The highest BCUT2D eigenvalue weighted by atomic mass is 16.5. The van der Waals surface area contributed by atoms with Crippen LogP contribution in [0.3, 0.4) is 0 Å². The minimum atomic E-state index is -0.442. The van der Waals surface area contributed by atoms with Crippen molar-refractivity contribution in [3.8, 4) is 11.5 Å². The summed E-state index contributed by atoms with van der Waals surface area (Å²) < 4.78 is 10.4. The van der Waals surface area contributed by atoms with Gasteiger partial charge in [-0.25, -0.2) is 0 Å². The molecule has 0 atom stereocenters. The van der Waals surface area contributed by atoms with E-state index in [2.05, 4.69) is 21.5 Å². The van der Waals surface area contributed by atoms with Crippen LogP contribution in [0.5, 0.6) is 11.5 Å². The average Bonchev–Trinajstić information content (AvgIpc) is 2.82. The number of benzene rings is 3. The Kier molecular flexibility index (Phi) is 7.31. The lowest BCUT2D eigenvalue weighted by Crippen LogP contribution is -2.44. The predicted octanol–water partition coefficient (Wildman–Crippen LogP) is 3.32. The molecule has 0 radical (unpaired) electrons. The van der Waals surface area contributed by atoms with Crippen LogP contribution >= 0.6 is 0 Å². The number of para-hydroxylation sites is 3. The van der Waals surface area contributed by atoms with Crippen LogP contribution in [0.1, 0.15) is 10.4 Å². The highest BCUT2D eigenvalue weighted by Gasteiger charge is 2.12.